The Balaban J connectivity index is 3.20. The summed E-state index contributed by atoms with van der Waals surface area (Å²) in [5.74, 6) is 0. The molecule has 0 saturated heterocycles. The van der Waals surface area contributed by atoms with E-state index in [2.05, 4.69) is 0 Å². The SMILES string of the molecule is Cc1cc(C)c(S(=O)(=O)NNC(N)=O)c(C)c1. The number of carbonyl (C=O) groups excluding carboxylic acids is 1. The van der Waals surface area contributed by atoms with Crippen LogP contribution in [0.2, 0.25) is 0 Å². The molecular formula is C10H15N3O3S. The first-order chi connectivity index (χ1) is 7.74. The van der Waals surface area contributed by atoms with Crippen LogP contribution >= 0.6 is 0 Å². The van der Waals surface area contributed by atoms with E-state index in [0.29, 0.717) is 11.1 Å². The van der Waals surface area contributed by atoms with E-state index in [1.165, 1.54) is 0 Å². The van der Waals surface area contributed by atoms with Crippen molar-refractivity contribution in [3.63, 3.8) is 0 Å². The maximum absolute atomic E-state index is 11.9. The van der Waals surface area contributed by atoms with Crippen LogP contribution in [0, 0.1) is 20.8 Å². The van der Waals surface area contributed by atoms with E-state index in [-0.39, 0.29) is 4.90 Å². The molecule has 1 rings (SSSR count). The fraction of sp³-hybridized carbons (Fsp3) is 0.300. The van der Waals surface area contributed by atoms with Crippen LogP contribution < -0.4 is 16.0 Å². The van der Waals surface area contributed by atoms with E-state index >= 15 is 0 Å². The second kappa shape index (κ2) is 4.72. The summed E-state index contributed by atoms with van der Waals surface area (Å²) < 4.78 is 23.8. The molecule has 6 nitrogen and oxygen atoms in total. The number of sulfonamides is 1. The van der Waals surface area contributed by atoms with Crippen LogP contribution in [-0.4, -0.2) is 14.4 Å². The van der Waals surface area contributed by atoms with Gasteiger partial charge >= 0.3 is 6.03 Å². The molecule has 4 N–H and O–H groups in total. The van der Waals surface area contributed by atoms with Gasteiger partial charge in [0.2, 0.25) is 0 Å². The molecule has 1 aromatic rings. The summed E-state index contributed by atoms with van der Waals surface area (Å²) in [5, 5.41) is 0. The van der Waals surface area contributed by atoms with Gasteiger partial charge in [0.15, 0.2) is 0 Å². The third-order valence-electron chi connectivity index (χ3n) is 2.18. The minimum atomic E-state index is -3.80. The minimum absolute atomic E-state index is 0.150. The molecule has 0 aliphatic heterocycles. The lowest BCUT2D eigenvalue weighted by Gasteiger charge is -2.12. The van der Waals surface area contributed by atoms with Gasteiger partial charge in [0.25, 0.3) is 10.0 Å². The summed E-state index contributed by atoms with van der Waals surface area (Å²) in [7, 11) is -3.80. The highest BCUT2D eigenvalue weighted by Crippen LogP contribution is 2.20. The van der Waals surface area contributed by atoms with Crippen LogP contribution in [-0.2, 0) is 10.0 Å². The molecule has 1 aromatic carbocycles. The highest BCUT2D eigenvalue weighted by molar-refractivity contribution is 7.89. The first-order valence-electron chi connectivity index (χ1n) is 4.89. The van der Waals surface area contributed by atoms with Gasteiger partial charge in [-0.1, -0.05) is 17.7 Å². The highest BCUT2D eigenvalue weighted by atomic mass is 32.2. The summed E-state index contributed by atoms with van der Waals surface area (Å²) in [4.78, 5) is 12.6. The van der Waals surface area contributed by atoms with E-state index in [1.54, 1.807) is 26.0 Å². The highest BCUT2D eigenvalue weighted by Gasteiger charge is 2.19. The summed E-state index contributed by atoms with van der Waals surface area (Å²) in [6.45, 7) is 5.27. The molecule has 0 fully saturated rings. The molecule has 0 spiro atoms. The van der Waals surface area contributed by atoms with Crippen LogP contribution in [0.3, 0.4) is 0 Å². The van der Waals surface area contributed by atoms with Gasteiger partial charge in [0, 0.05) is 0 Å². The van der Waals surface area contributed by atoms with Crippen LogP contribution in [0.5, 0.6) is 0 Å². The first-order valence-corrected chi connectivity index (χ1v) is 6.37. The van der Waals surface area contributed by atoms with Crippen molar-refractivity contribution < 1.29 is 13.2 Å². The molecule has 0 radical (unpaired) electrons. The Kier molecular flexibility index (Phi) is 3.74. The molecular weight excluding hydrogens is 242 g/mol. The monoisotopic (exact) mass is 257 g/mol. The molecule has 0 aliphatic rings. The zero-order valence-corrected chi connectivity index (χ0v) is 10.7. The molecule has 0 unspecified atom stereocenters. The van der Waals surface area contributed by atoms with E-state index in [1.807, 2.05) is 17.2 Å². The number of carbonyl (C=O) groups is 1. The van der Waals surface area contributed by atoms with Gasteiger partial charge in [0.1, 0.15) is 0 Å². The van der Waals surface area contributed by atoms with Crippen molar-refractivity contribution in [2.75, 3.05) is 0 Å². The van der Waals surface area contributed by atoms with E-state index in [4.69, 9.17) is 5.73 Å². The van der Waals surface area contributed by atoms with E-state index < -0.39 is 16.1 Å². The number of nitrogens with two attached hydrogens (primary N) is 1. The second-order valence-electron chi connectivity index (χ2n) is 3.82. The van der Waals surface area contributed by atoms with Crippen molar-refractivity contribution in [2.24, 2.45) is 5.73 Å². The van der Waals surface area contributed by atoms with Crippen molar-refractivity contribution in [2.45, 2.75) is 25.7 Å². The maximum Gasteiger partial charge on any atom is 0.327 e. The summed E-state index contributed by atoms with van der Waals surface area (Å²) in [6, 6.07) is 2.55. The van der Waals surface area contributed by atoms with Crippen molar-refractivity contribution in [3.8, 4) is 0 Å². The quantitative estimate of drug-likeness (QED) is 0.686. The molecule has 94 valence electrons. The van der Waals surface area contributed by atoms with Crippen molar-refractivity contribution in [1.82, 2.24) is 10.3 Å². The molecule has 0 aliphatic carbocycles. The summed E-state index contributed by atoms with van der Waals surface area (Å²) >= 11 is 0. The average Bonchev–Trinajstić information content (AvgIpc) is 2.12. The fourth-order valence-corrected chi connectivity index (χ4v) is 3.06. The van der Waals surface area contributed by atoms with Crippen LogP contribution in [0.25, 0.3) is 0 Å². The lowest BCUT2D eigenvalue weighted by molar-refractivity contribution is 0.247. The van der Waals surface area contributed by atoms with E-state index in [0.717, 1.165) is 5.56 Å². The lowest BCUT2D eigenvalue weighted by Crippen LogP contribution is -2.44. The standard InChI is InChI=1S/C10H15N3O3S/c1-6-4-7(2)9(8(3)5-6)17(15,16)13-12-10(11)14/h4-5,13H,1-3H3,(H3,11,12,14). The number of hydrogen-bond acceptors (Lipinski definition) is 3. The molecule has 17 heavy (non-hydrogen) atoms. The normalized spacial score (nSPS) is 11.2. The number of nitrogens with one attached hydrogen (secondary N) is 2. The van der Waals surface area contributed by atoms with Gasteiger partial charge in [-0.05, 0) is 31.9 Å². The topological polar surface area (TPSA) is 101 Å². The number of aryl methyl sites for hydroxylation is 3. The van der Waals surface area contributed by atoms with Gasteiger partial charge in [-0.25, -0.2) is 13.2 Å². The first kappa shape index (κ1) is 13.5. The van der Waals surface area contributed by atoms with Crippen LogP contribution in [0.1, 0.15) is 16.7 Å². The lowest BCUT2D eigenvalue weighted by atomic mass is 10.1. The van der Waals surface area contributed by atoms with Crippen molar-refractivity contribution in [3.05, 3.63) is 28.8 Å². The van der Waals surface area contributed by atoms with Crippen molar-refractivity contribution in [1.29, 1.82) is 0 Å². The van der Waals surface area contributed by atoms with E-state index in [9.17, 15) is 13.2 Å². The molecule has 0 atom stereocenters. The predicted octanol–water partition coefficient (Wildman–Crippen LogP) is 0.473. The molecule has 2 amide bonds. The number of benzene rings is 1. The van der Waals surface area contributed by atoms with Crippen LogP contribution in [0.15, 0.2) is 17.0 Å². The van der Waals surface area contributed by atoms with Gasteiger partial charge < -0.3 is 5.73 Å². The molecule has 0 saturated carbocycles. The molecule has 0 aromatic heterocycles. The second-order valence-corrected chi connectivity index (χ2v) is 5.44. The number of urea groups is 1. The average molecular weight is 257 g/mol. The summed E-state index contributed by atoms with van der Waals surface area (Å²) in [6.07, 6.45) is 0. The van der Waals surface area contributed by atoms with Gasteiger partial charge in [-0.2, -0.15) is 0 Å². The smallest absolute Gasteiger partial charge is 0.327 e. The van der Waals surface area contributed by atoms with Crippen molar-refractivity contribution >= 4 is 16.1 Å². The van der Waals surface area contributed by atoms with Gasteiger partial charge in [-0.3, -0.25) is 5.43 Å². The largest absolute Gasteiger partial charge is 0.351 e. The summed E-state index contributed by atoms with van der Waals surface area (Å²) in [5.41, 5.74) is 8.85. The Hall–Kier alpha value is -1.60. The molecule has 0 heterocycles. The fourth-order valence-electron chi connectivity index (χ4n) is 1.76. The number of hydrazine groups is 1. The molecule has 7 heteroatoms. The minimum Gasteiger partial charge on any atom is -0.351 e. The van der Waals surface area contributed by atoms with Gasteiger partial charge in [0.05, 0.1) is 4.90 Å². The Morgan fingerprint density at radius 2 is 1.65 bits per heavy atom. The van der Waals surface area contributed by atoms with Crippen LogP contribution in [0.4, 0.5) is 4.79 Å². The number of rotatable bonds is 3. The maximum atomic E-state index is 11.9. The third-order valence-corrected chi connectivity index (χ3v) is 3.73. The zero-order valence-electron chi connectivity index (χ0n) is 9.87. The zero-order chi connectivity index (χ0) is 13.2. The number of primary amides is 1. The Labute approximate surface area is 100 Å². The van der Waals surface area contributed by atoms with Gasteiger partial charge in [-0.15, -0.1) is 4.83 Å². The number of hydrogen-bond donors (Lipinski definition) is 3. The Morgan fingerprint density at radius 3 is 2.06 bits per heavy atom. The predicted molar refractivity (Wildman–Crippen MR) is 63.7 cm³/mol. The molecule has 0 bridgehead atoms. The Bertz CT molecular complexity index is 529. The number of amides is 2. The third kappa shape index (κ3) is 3.18. The Morgan fingerprint density at radius 1 is 1.18 bits per heavy atom.